The van der Waals surface area contributed by atoms with Gasteiger partial charge in [0.2, 0.25) is 0 Å². The summed E-state index contributed by atoms with van der Waals surface area (Å²) in [6.45, 7) is 0. The zero-order valence-electron chi connectivity index (χ0n) is 3.95. The fraction of sp³-hybridized carbons (Fsp3) is 0.500. The summed E-state index contributed by atoms with van der Waals surface area (Å²) in [4.78, 5) is 10.2. The molecule has 46 valence electrons. The topological polar surface area (TPSA) is 26.3 Å². The molecule has 0 aliphatic rings. The van der Waals surface area contributed by atoms with E-state index in [1.165, 1.54) is 0 Å². The van der Waals surface area contributed by atoms with Crippen LogP contribution in [0, 0.1) is 0 Å². The molecule has 0 bridgehead atoms. The van der Waals surface area contributed by atoms with Gasteiger partial charge in [-0.15, -0.1) is 0 Å². The Hall–Kier alpha value is 0.872. The molecule has 8 heavy (non-hydrogen) atoms. The van der Waals surface area contributed by atoms with Crippen LogP contribution in [0.4, 0.5) is 0 Å². The largest absolute Gasteiger partial charge is 0.618 e. The number of rotatable bonds is 0. The van der Waals surface area contributed by atoms with E-state index in [2.05, 4.69) is 3.79 Å². The number of carbonyl (C=O) groups excluding carboxylic acids is 1. The van der Waals surface area contributed by atoms with Crippen LogP contribution in [-0.4, -0.2) is 26.4 Å². The first-order valence-corrected chi connectivity index (χ1v) is 3.58. The lowest BCUT2D eigenvalue weighted by Crippen LogP contribution is -2.20. The lowest BCUT2D eigenvalue weighted by Gasteiger charge is -2.07. The van der Waals surface area contributed by atoms with Crippen molar-refractivity contribution in [1.82, 2.24) is 0 Å². The van der Waals surface area contributed by atoms with Crippen molar-refractivity contribution in [3.63, 3.8) is 0 Å². The van der Waals surface area contributed by atoms with Crippen LogP contribution in [0.25, 0.3) is 0 Å². The fourth-order valence-corrected chi connectivity index (χ4v) is 1.04. The van der Waals surface area contributed by atoms with Crippen molar-refractivity contribution in [2.45, 2.75) is 3.79 Å². The van der Waals surface area contributed by atoms with Gasteiger partial charge in [0, 0.05) is 0 Å². The van der Waals surface area contributed by atoms with Gasteiger partial charge in [-0.2, -0.15) is 0 Å². The third kappa shape index (κ3) is 3.01. The van der Waals surface area contributed by atoms with Crippen molar-refractivity contribution in [2.75, 3.05) is 0 Å². The molecular weight excluding hydrogens is 189 g/mol. The second kappa shape index (κ2) is 3.15. The zero-order chi connectivity index (χ0) is 6.78. The highest BCUT2D eigenvalue weighted by Crippen LogP contribution is 2.26. The van der Waals surface area contributed by atoms with Crippen LogP contribution in [0.15, 0.2) is 0 Å². The van der Waals surface area contributed by atoms with E-state index in [1.807, 2.05) is 0 Å². The summed E-state index contributed by atoms with van der Waals surface area (Å²) in [5, 5.41) is 0. The van der Waals surface area contributed by atoms with Gasteiger partial charge in [-0.25, -0.2) is 0 Å². The lowest BCUT2D eigenvalue weighted by molar-refractivity contribution is -0.133. The smallest absolute Gasteiger partial charge is 0.499 e. The highest BCUT2D eigenvalue weighted by molar-refractivity contribution is 6.76. The molecule has 0 saturated heterocycles. The average Bonchev–Trinajstić information content (AvgIpc) is 1.62. The summed E-state index contributed by atoms with van der Waals surface area (Å²) in [6, 6.07) is 0. The van der Waals surface area contributed by atoms with Gasteiger partial charge in [0.1, 0.15) is 0 Å². The summed E-state index contributed by atoms with van der Waals surface area (Å²) in [5.74, 6) is -0.811. The van der Waals surface area contributed by atoms with E-state index < -0.39 is 9.76 Å². The first kappa shape index (κ1) is 8.87. The molecule has 0 aliphatic carbocycles. The molecule has 0 saturated carbocycles. The molecule has 0 N–H and O–H groups in total. The van der Waals surface area contributed by atoms with Crippen LogP contribution in [0.1, 0.15) is 0 Å². The summed E-state index contributed by atoms with van der Waals surface area (Å²) in [6.07, 6.45) is 0. The lowest BCUT2D eigenvalue weighted by atomic mass is 10.8. The monoisotopic (exact) mass is 190 g/mol. The Kier molecular flexibility index (Phi) is 3.49. The van der Waals surface area contributed by atoms with E-state index in [9.17, 15) is 4.79 Å². The maximum Gasteiger partial charge on any atom is 0.499 e. The van der Waals surface area contributed by atoms with Gasteiger partial charge in [0.25, 0.3) is 3.79 Å². The fourth-order valence-electron chi connectivity index (χ4n) is 0.116. The highest BCUT2D eigenvalue weighted by atomic mass is 35.6. The van der Waals surface area contributed by atoms with Gasteiger partial charge in [0.05, 0.1) is 0 Å². The Labute approximate surface area is 69.8 Å². The second-order valence-electron chi connectivity index (χ2n) is 0.989. The molecule has 0 aromatic carbocycles. The number of hydrogen-bond acceptors (Lipinski definition) is 2. The standard InChI is InChI=1S/C2HCl3O2.Al.2H/c3-2(4,5)1(6)7;;;/h(H,6,7);;;/q;+1;;/p-1. The van der Waals surface area contributed by atoms with Gasteiger partial charge in [0.15, 0.2) is 0 Å². The normalized spacial score (nSPS) is 10.9. The Bertz CT molecular complexity index is 97.9. The average molecular weight is 191 g/mol. The Balaban J connectivity index is 3.82. The summed E-state index contributed by atoms with van der Waals surface area (Å²) >= 11 is 15.4. The second-order valence-corrected chi connectivity index (χ2v) is 3.68. The summed E-state index contributed by atoms with van der Waals surface area (Å²) in [5.41, 5.74) is 0. The third-order valence-corrected chi connectivity index (χ3v) is 1.25. The van der Waals surface area contributed by atoms with Crippen molar-refractivity contribution in [3.8, 4) is 0 Å². The highest BCUT2D eigenvalue weighted by Gasteiger charge is 2.30. The van der Waals surface area contributed by atoms with Crippen molar-refractivity contribution in [2.24, 2.45) is 0 Å². The molecule has 0 fully saturated rings. The molecule has 0 aromatic rings. The minimum atomic E-state index is -1.90. The van der Waals surface area contributed by atoms with E-state index in [1.54, 1.807) is 0 Å². The van der Waals surface area contributed by atoms with Crippen LogP contribution >= 0.6 is 34.8 Å². The molecule has 0 atom stereocenters. The van der Waals surface area contributed by atoms with Gasteiger partial charge in [-0.3, -0.25) is 4.79 Å². The molecule has 2 nitrogen and oxygen atoms in total. The van der Waals surface area contributed by atoms with Crippen molar-refractivity contribution < 1.29 is 8.58 Å². The molecule has 0 amide bonds. The molecule has 0 rings (SSSR count). The van der Waals surface area contributed by atoms with Crippen LogP contribution < -0.4 is 0 Å². The Morgan fingerprint density at radius 2 is 1.88 bits per heavy atom. The molecular formula is C2H2AlCl3O2. The molecule has 0 radical (unpaired) electrons. The predicted molar refractivity (Wildman–Crippen MR) is 34.9 cm³/mol. The quantitative estimate of drug-likeness (QED) is 0.410. The third-order valence-electron chi connectivity index (χ3n) is 0.417. The molecule has 0 aliphatic heterocycles. The minimum Gasteiger partial charge on any atom is -0.618 e. The van der Waals surface area contributed by atoms with Crippen molar-refractivity contribution >= 4 is 57.4 Å². The van der Waals surface area contributed by atoms with Crippen LogP contribution in [0.5, 0.6) is 0 Å². The minimum absolute atomic E-state index is 0.251. The number of carbonyl (C=O) groups is 1. The Morgan fingerprint density at radius 3 is 1.88 bits per heavy atom. The molecule has 0 unspecified atom stereocenters. The first-order valence-electron chi connectivity index (χ1n) is 1.63. The van der Waals surface area contributed by atoms with E-state index in [0.29, 0.717) is 0 Å². The summed E-state index contributed by atoms with van der Waals surface area (Å²) < 4.78 is 2.32. The zero-order valence-corrected chi connectivity index (χ0v) is 8.22. The first-order chi connectivity index (χ1) is 3.48. The van der Waals surface area contributed by atoms with Crippen molar-refractivity contribution in [3.05, 3.63) is 0 Å². The molecule has 0 aromatic heterocycles. The molecule has 0 spiro atoms. The van der Waals surface area contributed by atoms with Crippen LogP contribution in [0.3, 0.4) is 0 Å². The van der Waals surface area contributed by atoms with Gasteiger partial charge < -0.3 is 3.79 Å². The maximum absolute atomic E-state index is 10.2. The van der Waals surface area contributed by atoms with Crippen LogP contribution in [0.2, 0.25) is 0 Å². The van der Waals surface area contributed by atoms with Gasteiger partial charge in [-0.05, 0) is 0 Å². The molecule has 0 heterocycles. The number of alkyl halides is 3. The Morgan fingerprint density at radius 1 is 1.50 bits per heavy atom. The number of halogens is 3. The molecule has 6 heteroatoms. The van der Waals surface area contributed by atoms with Gasteiger partial charge >= 0.3 is 22.6 Å². The van der Waals surface area contributed by atoms with E-state index in [0.717, 1.165) is 0 Å². The van der Waals surface area contributed by atoms with Gasteiger partial charge in [-0.1, -0.05) is 34.8 Å². The predicted octanol–water partition coefficient (Wildman–Crippen LogP) is 0.448. The number of hydrogen-bond donors (Lipinski definition) is 0. The van der Waals surface area contributed by atoms with E-state index >= 15 is 0 Å². The SMILES string of the molecule is O=C([O][AlH2])C(Cl)(Cl)Cl. The summed E-state index contributed by atoms with van der Waals surface area (Å²) in [7, 11) is 0. The van der Waals surface area contributed by atoms with E-state index in [-0.39, 0.29) is 16.6 Å². The van der Waals surface area contributed by atoms with Crippen molar-refractivity contribution in [1.29, 1.82) is 0 Å². The van der Waals surface area contributed by atoms with Crippen LogP contribution in [-0.2, 0) is 8.58 Å². The van der Waals surface area contributed by atoms with E-state index in [4.69, 9.17) is 34.8 Å². The maximum atomic E-state index is 10.2.